The van der Waals surface area contributed by atoms with Gasteiger partial charge < -0.3 is 0 Å². The molecule has 0 atom stereocenters. The van der Waals surface area contributed by atoms with Gasteiger partial charge in [-0.2, -0.15) is 0 Å². The molecule has 136 valence electrons. The molecule has 9 heteroatoms. The number of amides is 2. The zero-order chi connectivity index (χ0) is 19.6. The number of carbonyl (C=O) groups is 2. The van der Waals surface area contributed by atoms with Crippen molar-refractivity contribution >= 4 is 28.4 Å². The average molecular weight is 368 g/mol. The van der Waals surface area contributed by atoms with Crippen molar-refractivity contribution in [3.05, 3.63) is 81.3 Å². The molecule has 0 radical (unpaired) electrons. The largest absolute Gasteiger partial charge is 0.270 e. The van der Waals surface area contributed by atoms with Gasteiger partial charge in [-0.3, -0.25) is 35.5 Å². The standard InChI is InChI=1S/C18H13FN4O4/c1-10-7-15(14-6-5-12(19)9-16(14)20-10)18(25)22-21-17(24)11-3-2-4-13(8-11)23(26)27/h2-9H,1H3,(H,21,24)(H,22,25). The van der Waals surface area contributed by atoms with Gasteiger partial charge in [0.05, 0.1) is 16.0 Å². The normalized spacial score (nSPS) is 10.4. The van der Waals surface area contributed by atoms with Crippen molar-refractivity contribution in [1.29, 1.82) is 0 Å². The Morgan fingerprint density at radius 2 is 1.81 bits per heavy atom. The Balaban J connectivity index is 1.80. The molecule has 1 heterocycles. The molecule has 2 aromatic carbocycles. The molecule has 8 nitrogen and oxygen atoms in total. The quantitative estimate of drug-likeness (QED) is 0.545. The summed E-state index contributed by atoms with van der Waals surface area (Å²) in [5.74, 6) is -1.82. The molecule has 27 heavy (non-hydrogen) atoms. The zero-order valence-corrected chi connectivity index (χ0v) is 14.0. The number of nitro benzene ring substituents is 1. The summed E-state index contributed by atoms with van der Waals surface area (Å²) in [6, 6.07) is 10.4. The van der Waals surface area contributed by atoms with E-state index in [9.17, 15) is 24.1 Å². The summed E-state index contributed by atoms with van der Waals surface area (Å²) in [6.45, 7) is 1.66. The number of hydrogen-bond donors (Lipinski definition) is 2. The fourth-order valence-electron chi connectivity index (χ4n) is 2.54. The number of nitro groups is 1. The third-order valence-corrected chi connectivity index (χ3v) is 3.75. The number of aromatic nitrogens is 1. The number of nitrogens with one attached hydrogen (secondary N) is 2. The van der Waals surface area contributed by atoms with E-state index in [1.807, 2.05) is 0 Å². The predicted octanol–water partition coefficient (Wildman–Crippen LogP) is 2.67. The van der Waals surface area contributed by atoms with Crippen LogP contribution in [-0.4, -0.2) is 21.7 Å². The molecular formula is C18H13FN4O4. The summed E-state index contributed by atoms with van der Waals surface area (Å²) in [5.41, 5.74) is 5.24. The van der Waals surface area contributed by atoms with Crippen LogP contribution >= 0.6 is 0 Å². The van der Waals surface area contributed by atoms with Crippen LogP contribution < -0.4 is 10.9 Å². The van der Waals surface area contributed by atoms with Gasteiger partial charge in [-0.1, -0.05) is 6.07 Å². The van der Waals surface area contributed by atoms with Crippen molar-refractivity contribution in [2.24, 2.45) is 0 Å². The smallest absolute Gasteiger partial charge is 0.267 e. The summed E-state index contributed by atoms with van der Waals surface area (Å²) >= 11 is 0. The van der Waals surface area contributed by atoms with Crippen LogP contribution in [0.5, 0.6) is 0 Å². The molecule has 3 rings (SSSR count). The lowest BCUT2D eigenvalue weighted by molar-refractivity contribution is -0.384. The Kier molecular flexibility index (Phi) is 4.75. The van der Waals surface area contributed by atoms with E-state index in [0.29, 0.717) is 16.6 Å². The van der Waals surface area contributed by atoms with E-state index in [0.717, 1.165) is 6.07 Å². The number of aryl methyl sites for hydroxylation is 1. The molecular weight excluding hydrogens is 355 g/mol. The Bertz CT molecular complexity index is 1080. The number of rotatable bonds is 3. The number of halogens is 1. The number of hydrazine groups is 1. The summed E-state index contributed by atoms with van der Waals surface area (Å²) in [7, 11) is 0. The van der Waals surface area contributed by atoms with Crippen LogP contribution in [0.3, 0.4) is 0 Å². The highest BCUT2D eigenvalue weighted by Crippen LogP contribution is 2.19. The molecule has 2 amide bonds. The number of carbonyl (C=O) groups excluding carboxylic acids is 2. The fraction of sp³-hybridized carbons (Fsp3) is 0.0556. The maximum Gasteiger partial charge on any atom is 0.270 e. The second-order valence-electron chi connectivity index (χ2n) is 5.69. The summed E-state index contributed by atoms with van der Waals surface area (Å²) < 4.78 is 13.4. The van der Waals surface area contributed by atoms with Gasteiger partial charge in [0.15, 0.2) is 0 Å². The molecule has 0 bridgehead atoms. The SMILES string of the molecule is Cc1cc(C(=O)NNC(=O)c2cccc([N+](=O)[O-])c2)c2ccc(F)cc2n1. The third-order valence-electron chi connectivity index (χ3n) is 3.75. The number of pyridine rings is 1. The molecule has 0 fully saturated rings. The molecule has 0 aliphatic rings. The van der Waals surface area contributed by atoms with E-state index in [-0.39, 0.29) is 16.8 Å². The molecule has 0 aliphatic carbocycles. The maximum absolute atomic E-state index is 13.4. The number of non-ortho nitro benzene ring substituents is 1. The minimum atomic E-state index is -0.715. The molecule has 1 aromatic heterocycles. The third kappa shape index (κ3) is 3.87. The van der Waals surface area contributed by atoms with E-state index in [4.69, 9.17) is 0 Å². The van der Waals surface area contributed by atoms with Crippen LogP contribution in [0.15, 0.2) is 48.5 Å². The van der Waals surface area contributed by atoms with E-state index in [2.05, 4.69) is 15.8 Å². The molecule has 3 aromatic rings. The zero-order valence-electron chi connectivity index (χ0n) is 14.0. The second-order valence-corrected chi connectivity index (χ2v) is 5.69. The minimum Gasteiger partial charge on any atom is -0.267 e. The van der Waals surface area contributed by atoms with Gasteiger partial charge in [-0.15, -0.1) is 0 Å². The first-order chi connectivity index (χ1) is 12.8. The topological polar surface area (TPSA) is 114 Å². The second kappa shape index (κ2) is 7.16. The first-order valence-corrected chi connectivity index (χ1v) is 7.77. The summed E-state index contributed by atoms with van der Waals surface area (Å²) in [5, 5.41) is 11.2. The van der Waals surface area contributed by atoms with Crippen LogP contribution in [0.25, 0.3) is 10.9 Å². The van der Waals surface area contributed by atoms with Crippen molar-refractivity contribution in [3.8, 4) is 0 Å². The first-order valence-electron chi connectivity index (χ1n) is 7.77. The lowest BCUT2D eigenvalue weighted by Gasteiger charge is -2.10. The van der Waals surface area contributed by atoms with E-state index in [1.165, 1.54) is 42.5 Å². The highest BCUT2D eigenvalue weighted by Gasteiger charge is 2.15. The monoisotopic (exact) mass is 368 g/mol. The van der Waals surface area contributed by atoms with Gasteiger partial charge in [-0.05, 0) is 31.2 Å². The van der Waals surface area contributed by atoms with E-state index in [1.54, 1.807) is 6.92 Å². The van der Waals surface area contributed by atoms with Gasteiger partial charge >= 0.3 is 0 Å². The van der Waals surface area contributed by atoms with Crippen molar-refractivity contribution in [1.82, 2.24) is 15.8 Å². The van der Waals surface area contributed by atoms with Gasteiger partial charge in [0, 0.05) is 34.8 Å². The maximum atomic E-state index is 13.4. The number of fused-ring (bicyclic) bond motifs is 1. The van der Waals surface area contributed by atoms with Crippen molar-refractivity contribution in [3.63, 3.8) is 0 Å². The summed E-state index contributed by atoms with van der Waals surface area (Å²) in [6.07, 6.45) is 0. The lowest BCUT2D eigenvalue weighted by Crippen LogP contribution is -2.41. The van der Waals surface area contributed by atoms with Crippen molar-refractivity contribution in [2.45, 2.75) is 6.92 Å². The molecule has 2 N–H and O–H groups in total. The predicted molar refractivity (Wildman–Crippen MR) is 94.5 cm³/mol. The molecule has 0 saturated heterocycles. The Morgan fingerprint density at radius 3 is 2.56 bits per heavy atom. The van der Waals surface area contributed by atoms with E-state index >= 15 is 0 Å². The number of benzene rings is 2. The summed E-state index contributed by atoms with van der Waals surface area (Å²) in [4.78, 5) is 38.9. The Morgan fingerprint density at radius 1 is 1.07 bits per heavy atom. The lowest BCUT2D eigenvalue weighted by atomic mass is 10.1. The molecule has 0 aliphatic heterocycles. The number of hydrogen-bond acceptors (Lipinski definition) is 5. The van der Waals surface area contributed by atoms with Gasteiger partial charge in [0.25, 0.3) is 17.5 Å². The minimum absolute atomic E-state index is 0.0161. The van der Waals surface area contributed by atoms with Crippen molar-refractivity contribution < 1.29 is 18.9 Å². The van der Waals surface area contributed by atoms with Crippen LogP contribution in [-0.2, 0) is 0 Å². The highest BCUT2D eigenvalue weighted by atomic mass is 19.1. The van der Waals surface area contributed by atoms with E-state index < -0.39 is 22.6 Å². The highest BCUT2D eigenvalue weighted by molar-refractivity contribution is 6.07. The van der Waals surface area contributed by atoms with Gasteiger partial charge in [0.2, 0.25) is 0 Å². The van der Waals surface area contributed by atoms with Crippen LogP contribution in [0.1, 0.15) is 26.4 Å². The number of nitrogens with zero attached hydrogens (tertiary/aromatic N) is 2. The fourth-order valence-corrected chi connectivity index (χ4v) is 2.54. The molecule has 0 spiro atoms. The van der Waals surface area contributed by atoms with Crippen LogP contribution in [0.4, 0.5) is 10.1 Å². The Labute approximate surface area is 152 Å². The molecule has 0 unspecified atom stereocenters. The van der Waals surface area contributed by atoms with Crippen LogP contribution in [0, 0.1) is 22.9 Å². The van der Waals surface area contributed by atoms with Gasteiger partial charge in [-0.25, -0.2) is 4.39 Å². The Hall–Kier alpha value is -3.88. The average Bonchev–Trinajstić information content (AvgIpc) is 2.64. The first kappa shape index (κ1) is 17.9. The van der Waals surface area contributed by atoms with Crippen molar-refractivity contribution in [2.75, 3.05) is 0 Å². The van der Waals surface area contributed by atoms with Gasteiger partial charge in [0.1, 0.15) is 5.82 Å². The molecule has 0 saturated carbocycles. The van der Waals surface area contributed by atoms with Crippen LogP contribution in [0.2, 0.25) is 0 Å².